The maximum atomic E-state index is 12.6. The number of ether oxygens (including phenoxy) is 2. The number of carbonyl (C=O) groups excluding carboxylic acids is 2. The highest BCUT2D eigenvalue weighted by Gasteiger charge is 2.23. The Balaban J connectivity index is 2.27. The van der Waals surface area contributed by atoms with Crippen molar-refractivity contribution in [3.63, 3.8) is 0 Å². The Hall–Kier alpha value is -2.73. The van der Waals surface area contributed by atoms with Crippen molar-refractivity contribution in [2.24, 2.45) is 0 Å². The van der Waals surface area contributed by atoms with E-state index in [9.17, 15) is 9.59 Å². The van der Waals surface area contributed by atoms with Gasteiger partial charge in [-0.3, -0.25) is 9.69 Å². The van der Waals surface area contributed by atoms with Crippen LogP contribution in [0.2, 0.25) is 5.02 Å². The molecule has 0 aliphatic rings. The summed E-state index contributed by atoms with van der Waals surface area (Å²) >= 11 is 6.20. The zero-order valence-corrected chi connectivity index (χ0v) is 15.7. The summed E-state index contributed by atoms with van der Waals surface area (Å²) in [6, 6.07) is 12.1. The quantitative estimate of drug-likeness (QED) is 0.834. The van der Waals surface area contributed by atoms with Gasteiger partial charge in [0.15, 0.2) is 11.5 Å². The molecular weight excluding hydrogens is 356 g/mol. The number of hydrogen-bond donors (Lipinski definition) is 1. The lowest BCUT2D eigenvalue weighted by atomic mass is 10.1. The molecule has 0 aliphatic heterocycles. The van der Waals surface area contributed by atoms with Crippen LogP contribution in [-0.4, -0.2) is 37.5 Å². The Kier molecular flexibility index (Phi) is 6.86. The Bertz CT molecular complexity index is 781. The molecule has 26 heavy (non-hydrogen) atoms. The molecule has 138 valence electrons. The molecule has 7 heteroatoms. The van der Waals surface area contributed by atoms with E-state index < -0.39 is 11.9 Å². The van der Waals surface area contributed by atoms with Gasteiger partial charge in [0, 0.05) is 19.7 Å². The number of methoxy groups -OCH3 is 1. The summed E-state index contributed by atoms with van der Waals surface area (Å²) in [5.41, 5.74) is 1.13. The predicted molar refractivity (Wildman–Crippen MR) is 99.9 cm³/mol. The van der Waals surface area contributed by atoms with Gasteiger partial charge in [0.05, 0.1) is 17.7 Å². The molecular formula is C19H21ClN2O4. The fourth-order valence-corrected chi connectivity index (χ4v) is 2.48. The molecule has 2 rings (SSSR count). The standard InChI is InChI=1S/C19H21ClN2O4/c1-4-21-19(24)22(2)18(23)14-10-17(16(25-3)11-15(14)20)26-12-13-8-6-5-7-9-13/h5-11H,4,12H2,1-3H3,(H,21,24). The first-order chi connectivity index (χ1) is 12.5. The van der Waals surface area contributed by atoms with E-state index in [2.05, 4.69) is 5.32 Å². The topological polar surface area (TPSA) is 67.9 Å². The van der Waals surface area contributed by atoms with Crippen molar-refractivity contribution in [3.8, 4) is 11.5 Å². The lowest BCUT2D eigenvalue weighted by molar-refractivity contribution is 0.0831. The van der Waals surface area contributed by atoms with Gasteiger partial charge in [-0.25, -0.2) is 4.79 Å². The smallest absolute Gasteiger partial charge is 0.324 e. The number of hydrogen-bond acceptors (Lipinski definition) is 4. The Morgan fingerprint density at radius 1 is 1.15 bits per heavy atom. The molecule has 0 aromatic heterocycles. The van der Waals surface area contributed by atoms with Gasteiger partial charge in [0.25, 0.3) is 5.91 Å². The lowest BCUT2D eigenvalue weighted by Crippen LogP contribution is -2.41. The normalized spacial score (nSPS) is 10.2. The van der Waals surface area contributed by atoms with Gasteiger partial charge in [0.2, 0.25) is 0 Å². The lowest BCUT2D eigenvalue weighted by Gasteiger charge is -2.18. The molecule has 0 unspecified atom stereocenters. The number of imide groups is 1. The molecule has 0 heterocycles. The average Bonchev–Trinajstić information content (AvgIpc) is 2.66. The zero-order chi connectivity index (χ0) is 19.1. The third kappa shape index (κ3) is 4.67. The zero-order valence-electron chi connectivity index (χ0n) is 14.9. The molecule has 0 fully saturated rings. The predicted octanol–water partition coefficient (Wildman–Crippen LogP) is 3.73. The SMILES string of the molecule is CCNC(=O)N(C)C(=O)c1cc(OCc2ccccc2)c(OC)cc1Cl. The van der Waals surface area contributed by atoms with E-state index in [0.717, 1.165) is 10.5 Å². The highest BCUT2D eigenvalue weighted by Crippen LogP contribution is 2.34. The molecule has 2 aromatic rings. The van der Waals surface area contributed by atoms with Crippen molar-refractivity contribution >= 4 is 23.5 Å². The summed E-state index contributed by atoms with van der Waals surface area (Å²) in [5.74, 6) is 0.240. The van der Waals surface area contributed by atoms with Crippen LogP contribution in [0.1, 0.15) is 22.8 Å². The number of nitrogens with zero attached hydrogens (tertiary/aromatic N) is 1. The minimum absolute atomic E-state index is 0.157. The van der Waals surface area contributed by atoms with E-state index in [-0.39, 0.29) is 10.6 Å². The highest BCUT2D eigenvalue weighted by atomic mass is 35.5. The molecule has 2 aromatic carbocycles. The summed E-state index contributed by atoms with van der Waals surface area (Å²) < 4.78 is 11.1. The maximum absolute atomic E-state index is 12.6. The minimum atomic E-state index is -0.534. The van der Waals surface area contributed by atoms with Crippen LogP contribution >= 0.6 is 11.6 Å². The number of rotatable bonds is 6. The fourth-order valence-electron chi connectivity index (χ4n) is 2.25. The summed E-state index contributed by atoms with van der Waals surface area (Å²) in [5, 5.41) is 2.74. The second kappa shape index (κ2) is 9.10. The number of carbonyl (C=O) groups is 2. The van der Waals surface area contributed by atoms with Crippen LogP contribution in [0, 0.1) is 0 Å². The molecule has 0 aliphatic carbocycles. The summed E-state index contributed by atoms with van der Waals surface area (Å²) in [7, 11) is 2.88. The summed E-state index contributed by atoms with van der Waals surface area (Å²) in [6.07, 6.45) is 0. The van der Waals surface area contributed by atoms with Gasteiger partial charge in [-0.2, -0.15) is 0 Å². The third-order valence-electron chi connectivity index (χ3n) is 3.66. The summed E-state index contributed by atoms with van der Waals surface area (Å²) in [4.78, 5) is 25.4. The van der Waals surface area contributed by atoms with E-state index in [4.69, 9.17) is 21.1 Å². The van der Waals surface area contributed by atoms with E-state index in [1.807, 2.05) is 30.3 Å². The van der Waals surface area contributed by atoms with Crippen LogP contribution in [0.3, 0.4) is 0 Å². The van der Waals surface area contributed by atoms with Crippen molar-refractivity contribution < 1.29 is 19.1 Å². The maximum Gasteiger partial charge on any atom is 0.324 e. The first-order valence-corrected chi connectivity index (χ1v) is 8.45. The van der Waals surface area contributed by atoms with Gasteiger partial charge in [-0.1, -0.05) is 41.9 Å². The fraction of sp³-hybridized carbons (Fsp3) is 0.263. The second-order valence-electron chi connectivity index (χ2n) is 5.46. The van der Waals surface area contributed by atoms with E-state index >= 15 is 0 Å². The van der Waals surface area contributed by atoms with Crippen LogP contribution < -0.4 is 14.8 Å². The van der Waals surface area contributed by atoms with Crippen LogP contribution in [-0.2, 0) is 6.61 Å². The number of urea groups is 1. The Morgan fingerprint density at radius 3 is 2.46 bits per heavy atom. The molecule has 0 spiro atoms. The van der Waals surface area contributed by atoms with E-state index in [0.29, 0.717) is 24.7 Å². The third-order valence-corrected chi connectivity index (χ3v) is 3.97. The Labute approximate surface area is 157 Å². The molecule has 0 radical (unpaired) electrons. The molecule has 0 bridgehead atoms. The molecule has 0 saturated carbocycles. The average molecular weight is 377 g/mol. The van der Waals surface area contributed by atoms with Gasteiger partial charge in [-0.15, -0.1) is 0 Å². The first kappa shape index (κ1) is 19.6. The Morgan fingerprint density at radius 2 is 1.85 bits per heavy atom. The number of benzene rings is 2. The number of nitrogens with one attached hydrogen (secondary N) is 1. The molecule has 6 nitrogen and oxygen atoms in total. The number of amides is 3. The van der Waals surface area contributed by atoms with Crippen LogP contribution in [0.15, 0.2) is 42.5 Å². The van der Waals surface area contributed by atoms with Gasteiger partial charge >= 0.3 is 6.03 Å². The molecule has 0 saturated heterocycles. The van der Waals surface area contributed by atoms with E-state index in [1.54, 1.807) is 6.92 Å². The van der Waals surface area contributed by atoms with Crippen molar-refractivity contribution in [3.05, 3.63) is 58.6 Å². The van der Waals surface area contributed by atoms with Crippen LogP contribution in [0.4, 0.5) is 4.79 Å². The highest BCUT2D eigenvalue weighted by molar-refractivity contribution is 6.34. The van der Waals surface area contributed by atoms with Crippen molar-refractivity contribution in [2.45, 2.75) is 13.5 Å². The van der Waals surface area contributed by atoms with Crippen LogP contribution in [0.25, 0.3) is 0 Å². The van der Waals surface area contributed by atoms with Crippen molar-refractivity contribution in [2.75, 3.05) is 20.7 Å². The summed E-state index contributed by atoms with van der Waals surface area (Å²) in [6.45, 7) is 2.49. The van der Waals surface area contributed by atoms with Gasteiger partial charge in [-0.05, 0) is 18.6 Å². The monoisotopic (exact) mass is 376 g/mol. The van der Waals surface area contributed by atoms with Crippen molar-refractivity contribution in [1.29, 1.82) is 0 Å². The van der Waals surface area contributed by atoms with Crippen molar-refractivity contribution in [1.82, 2.24) is 10.2 Å². The minimum Gasteiger partial charge on any atom is -0.493 e. The molecule has 3 amide bonds. The largest absolute Gasteiger partial charge is 0.493 e. The first-order valence-electron chi connectivity index (χ1n) is 8.08. The van der Waals surface area contributed by atoms with Gasteiger partial charge < -0.3 is 14.8 Å². The van der Waals surface area contributed by atoms with Crippen LogP contribution in [0.5, 0.6) is 11.5 Å². The molecule has 1 N–H and O–H groups in total. The van der Waals surface area contributed by atoms with E-state index in [1.165, 1.54) is 26.3 Å². The second-order valence-corrected chi connectivity index (χ2v) is 5.86. The van der Waals surface area contributed by atoms with Gasteiger partial charge in [0.1, 0.15) is 6.61 Å². The molecule has 0 atom stereocenters. The number of halogens is 1.